The van der Waals surface area contributed by atoms with Gasteiger partial charge in [0.2, 0.25) is 0 Å². The first-order valence-electron chi connectivity index (χ1n) is 32.7. The van der Waals surface area contributed by atoms with Crippen LogP contribution >= 0.6 is 0 Å². The van der Waals surface area contributed by atoms with Gasteiger partial charge in [-0.1, -0.05) is 228 Å². The van der Waals surface area contributed by atoms with Crippen LogP contribution in [0.4, 0.5) is 51.2 Å². The van der Waals surface area contributed by atoms with E-state index >= 15 is 0 Å². The molecule has 3 heterocycles. The zero-order chi connectivity index (χ0) is 62.2. The molecule has 10 aromatic rings. The van der Waals surface area contributed by atoms with Gasteiger partial charge in [-0.25, -0.2) is 0 Å². The van der Waals surface area contributed by atoms with Crippen LogP contribution in [0.1, 0.15) is 195 Å². The Labute approximate surface area is 526 Å². The van der Waals surface area contributed by atoms with Gasteiger partial charge in [-0.05, 0) is 202 Å². The summed E-state index contributed by atoms with van der Waals surface area (Å²) in [5.74, 6) is 0. The fraction of sp³-hybridized carbons (Fsp3) is 0.349. The van der Waals surface area contributed by atoms with E-state index in [0.717, 1.165) is 69.3 Å². The first-order valence-corrected chi connectivity index (χ1v) is 32.7. The minimum Gasteiger partial charge on any atom is -0.468 e. The maximum Gasteiger partial charge on any atom is 0.297 e. The van der Waals surface area contributed by atoms with E-state index in [4.69, 9.17) is 4.42 Å². The lowest BCUT2D eigenvalue weighted by atomic mass is 9.35. The molecule has 0 saturated heterocycles. The molecule has 0 atom stereocenters. The number of hydrogen-bond donors (Lipinski definition) is 0. The third kappa shape index (κ3) is 9.37. The topological polar surface area (TPSA) is 22.9 Å². The van der Waals surface area contributed by atoms with Gasteiger partial charge in [0, 0.05) is 50.6 Å². The van der Waals surface area contributed by atoms with Gasteiger partial charge in [-0.2, -0.15) is 0 Å². The molecule has 0 bridgehead atoms. The largest absolute Gasteiger partial charge is 0.468 e. The Morgan fingerprint density at radius 1 is 0.386 bits per heavy atom. The maximum atomic E-state index is 7.64. The van der Waals surface area contributed by atoms with Crippen molar-refractivity contribution in [3.8, 4) is 11.1 Å². The molecule has 1 fully saturated rings. The molecule has 2 aliphatic carbocycles. The monoisotopic (exact) mass is 1160 g/mol. The van der Waals surface area contributed by atoms with Gasteiger partial charge in [0.15, 0.2) is 0 Å². The van der Waals surface area contributed by atoms with Crippen molar-refractivity contribution in [1.82, 2.24) is 0 Å². The summed E-state index contributed by atoms with van der Waals surface area (Å²) in [5, 5.41) is 3.57. The Balaban J connectivity index is 1.11. The van der Waals surface area contributed by atoms with E-state index < -0.39 is 0 Å². The van der Waals surface area contributed by atoms with Crippen LogP contribution in [0.25, 0.3) is 32.9 Å². The SMILES string of the molecule is CC(C)(C)c1ccc(N(c2ccc(C(C)(C)C)cc2)c2cc3c4c(c2)N(c2ccc5cc(C(C)(C)C)ccc5c2)c2c(oc5ccc(C(C)(C)C)cc25)B4c2cc(C(C)(C)C)ccc2N3c2ccc3c(c2)C2(CCCC2)c2cc(C(C)(C)C)ccc2-3)cc1. The van der Waals surface area contributed by atoms with Gasteiger partial charge in [-0.3, -0.25) is 0 Å². The van der Waals surface area contributed by atoms with Crippen LogP contribution in [0.2, 0.25) is 0 Å². The molecule has 0 unspecified atom stereocenters. The summed E-state index contributed by atoms with van der Waals surface area (Å²) in [5.41, 5.74) is 28.1. The number of hydrogen-bond acceptors (Lipinski definition) is 4. The average molecular weight is 1160 g/mol. The highest BCUT2D eigenvalue weighted by molar-refractivity contribution is 7.00. The predicted molar refractivity (Wildman–Crippen MR) is 379 cm³/mol. The first kappa shape index (κ1) is 58.0. The van der Waals surface area contributed by atoms with E-state index in [2.05, 4.69) is 309 Å². The van der Waals surface area contributed by atoms with Crippen molar-refractivity contribution in [2.75, 3.05) is 14.7 Å². The summed E-state index contributed by atoms with van der Waals surface area (Å²) >= 11 is 0. The van der Waals surface area contributed by atoms with Crippen molar-refractivity contribution in [2.24, 2.45) is 0 Å². The molecular weight excluding hydrogens is 1070 g/mol. The van der Waals surface area contributed by atoms with E-state index in [1.807, 2.05) is 0 Å². The molecule has 4 aliphatic rings. The Morgan fingerprint density at radius 3 is 1.42 bits per heavy atom. The van der Waals surface area contributed by atoms with E-state index in [1.165, 1.54) is 102 Å². The molecule has 9 aromatic carbocycles. The summed E-state index contributed by atoms with van der Waals surface area (Å²) in [7, 11) is 0. The van der Waals surface area contributed by atoms with Crippen molar-refractivity contribution in [2.45, 2.75) is 188 Å². The van der Waals surface area contributed by atoms with E-state index in [-0.39, 0.29) is 44.6 Å². The molecule has 0 radical (unpaired) electrons. The molecule has 4 nitrogen and oxygen atoms in total. The second-order valence-corrected chi connectivity index (χ2v) is 32.8. The summed E-state index contributed by atoms with van der Waals surface area (Å²) < 4.78 is 7.64. The van der Waals surface area contributed by atoms with Crippen LogP contribution in [0.5, 0.6) is 0 Å². The fourth-order valence-electron chi connectivity index (χ4n) is 15.2. The van der Waals surface area contributed by atoms with E-state index in [9.17, 15) is 0 Å². The Hall–Kier alpha value is -7.76. The minimum absolute atomic E-state index is 0.0146. The minimum atomic E-state index is -0.236. The summed E-state index contributed by atoms with van der Waals surface area (Å²) in [4.78, 5) is 7.78. The fourth-order valence-corrected chi connectivity index (χ4v) is 15.2. The molecule has 446 valence electrons. The van der Waals surface area contributed by atoms with Crippen LogP contribution in [0.3, 0.4) is 0 Å². The maximum absolute atomic E-state index is 7.64. The highest BCUT2D eigenvalue weighted by Gasteiger charge is 2.50. The Morgan fingerprint density at radius 2 is 0.830 bits per heavy atom. The molecule has 2 aliphatic heterocycles. The van der Waals surface area contributed by atoms with E-state index in [0.29, 0.717) is 0 Å². The second-order valence-electron chi connectivity index (χ2n) is 32.8. The molecule has 0 N–H and O–H groups in total. The molecule has 14 rings (SSSR count). The molecule has 5 heteroatoms. The van der Waals surface area contributed by atoms with Crippen molar-refractivity contribution in [3.05, 3.63) is 214 Å². The molecule has 1 aromatic heterocycles. The third-order valence-corrected chi connectivity index (χ3v) is 20.5. The lowest BCUT2D eigenvalue weighted by Crippen LogP contribution is -2.61. The molecule has 1 spiro atoms. The smallest absolute Gasteiger partial charge is 0.297 e. The van der Waals surface area contributed by atoms with Crippen molar-refractivity contribution in [3.63, 3.8) is 0 Å². The summed E-state index contributed by atoms with van der Waals surface area (Å²) in [6.07, 6.45) is 4.77. The predicted octanol–water partition coefficient (Wildman–Crippen LogP) is 21.8. The van der Waals surface area contributed by atoms with Gasteiger partial charge in [-0.15, -0.1) is 0 Å². The zero-order valence-electron chi connectivity index (χ0n) is 55.8. The first-order chi connectivity index (χ1) is 41.4. The number of nitrogens with zero attached hydrogens (tertiary/aromatic N) is 3. The molecular formula is C83H90BN3O. The Kier molecular flexibility index (Phi) is 12.9. The van der Waals surface area contributed by atoms with Gasteiger partial charge in [0.1, 0.15) is 5.58 Å². The zero-order valence-corrected chi connectivity index (χ0v) is 55.8. The standard InChI is InChI=1S/C83H90BN3O/c1-77(2,3)53-24-32-59(33-25-53)85(60-34-26-54(27-35-60)78(4,5)6)63-49-71-74-72(50-63)87(61-31-22-51-43-55(79(7,8)9)23-21-52(51)44-61)75-66-45-56(80(10,11)12)30-40-73(66)88-76(75)84(74)69-47-58(82(16,17)18)29-39-70(69)86(71)62-36-38-65-64-37-28-57(81(13,14)15)46-67(64)83(68(65)48-62)41-19-20-42-83/h21-40,43-50H,19-20,41-42H2,1-18H3. The van der Waals surface area contributed by atoms with Crippen LogP contribution in [0, 0.1) is 0 Å². The second kappa shape index (κ2) is 19.6. The number of benzene rings is 9. The molecule has 88 heavy (non-hydrogen) atoms. The molecule has 0 amide bonds. The van der Waals surface area contributed by atoms with Crippen molar-refractivity contribution < 1.29 is 4.42 Å². The van der Waals surface area contributed by atoms with Crippen molar-refractivity contribution in [1.29, 1.82) is 0 Å². The van der Waals surface area contributed by atoms with Crippen molar-refractivity contribution >= 4 is 96.2 Å². The highest BCUT2D eigenvalue weighted by atomic mass is 16.3. The van der Waals surface area contributed by atoms with Crippen LogP contribution in [-0.2, 0) is 37.9 Å². The van der Waals surface area contributed by atoms with Gasteiger partial charge >= 0.3 is 0 Å². The Bertz CT molecular complexity index is 4390. The number of fused-ring (bicyclic) bond motifs is 12. The number of furan rings is 1. The average Bonchev–Trinajstić information content (AvgIpc) is 1.29. The van der Waals surface area contributed by atoms with Crippen LogP contribution < -0.4 is 31.3 Å². The van der Waals surface area contributed by atoms with E-state index in [1.54, 1.807) is 0 Å². The normalized spacial score (nSPS) is 15.5. The highest BCUT2D eigenvalue weighted by Crippen LogP contribution is 2.59. The molecule has 1 saturated carbocycles. The number of anilines is 9. The lowest BCUT2D eigenvalue weighted by Gasteiger charge is -2.44. The van der Waals surface area contributed by atoms with Crippen LogP contribution in [0.15, 0.2) is 174 Å². The van der Waals surface area contributed by atoms with Crippen LogP contribution in [-0.4, -0.2) is 6.71 Å². The quantitative estimate of drug-likeness (QED) is 0.160. The number of rotatable bonds is 5. The van der Waals surface area contributed by atoms with Gasteiger partial charge in [0.05, 0.1) is 17.0 Å². The lowest BCUT2D eigenvalue weighted by molar-refractivity contribution is 0.542. The summed E-state index contributed by atoms with van der Waals surface area (Å²) in [6, 6.07) is 67.4. The van der Waals surface area contributed by atoms with Gasteiger partial charge < -0.3 is 19.1 Å². The van der Waals surface area contributed by atoms with Gasteiger partial charge in [0.25, 0.3) is 6.71 Å². The summed E-state index contributed by atoms with van der Waals surface area (Å²) in [6.45, 7) is 41.7. The third-order valence-electron chi connectivity index (χ3n) is 20.5.